The van der Waals surface area contributed by atoms with Gasteiger partial charge >= 0.3 is 0 Å². The Kier molecular flexibility index (Phi) is 2.92. The molecule has 1 aliphatic heterocycles. The standard InChI is InChI=1S/C13H21N3O/c1-10-4-5-15(13(10)8-17)7-12-6-14-9-16(12)11-2-3-11/h6,9-11,13,17H,2-5,7-8H2,1H3. The van der Waals surface area contributed by atoms with Crippen molar-refractivity contribution in [2.24, 2.45) is 5.92 Å². The first-order valence-electron chi connectivity index (χ1n) is 6.65. The predicted octanol–water partition coefficient (Wildman–Crippen LogP) is 1.42. The third-order valence-corrected chi connectivity index (χ3v) is 4.24. The Morgan fingerprint density at radius 2 is 2.24 bits per heavy atom. The van der Waals surface area contributed by atoms with Gasteiger partial charge in [-0.15, -0.1) is 0 Å². The number of hydrogen-bond donors (Lipinski definition) is 1. The van der Waals surface area contributed by atoms with Gasteiger partial charge in [0.1, 0.15) is 0 Å². The number of aliphatic hydroxyl groups excluding tert-OH is 1. The van der Waals surface area contributed by atoms with Crippen LogP contribution in [0.25, 0.3) is 0 Å². The highest BCUT2D eigenvalue weighted by Crippen LogP contribution is 2.36. The summed E-state index contributed by atoms with van der Waals surface area (Å²) in [6.07, 6.45) is 7.73. The summed E-state index contributed by atoms with van der Waals surface area (Å²) in [5.41, 5.74) is 1.31. The zero-order valence-electron chi connectivity index (χ0n) is 10.4. The lowest BCUT2D eigenvalue weighted by Crippen LogP contribution is -2.35. The van der Waals surface area contributed by atoms with Crippen molar-refractivity contribution in [1.82, 2.24) is 14.5 Å². The van der Waals surface area contributed by atoms with Crippen molar-refractivity contribution in [2.45, 2.75) is 44.8 Å². The summed E-state index contributed by atoms with van der Waals surface area (Å²) in [5.74, 6) is 0.609. The third-order valence-electron chi connectivity index (χ3n) is 4.24. The lowest BCUT2D eigenvalue weighted by molar-refractivity contribution is 0.132. The van der Waals surface area contributed by atoms with E-state index < -0.39 is 0 Å². The van der Waals surface area contributed by atoms with Gasteiger partial charge in [-0.05, 0) is 31.7 Å². The highest BCUT2D eigenvalue weighted by Gasteiger charge is 2.32. The van der Waals surface area contributed by atoms with E-state index in [0.29, 0.717) is 18.0 Å². The number of aliphatic hydroxyl groups is 1. The molecule has 1 saturated heterocycles. The molecule has 0 bridgehead atoms. The number of hydrogen-bond acceptors (Lipinski definition) is 3. The maximum Gasteiger partial charge on any atom is 0.0951 e. The second-order valence-corrected chi connectivity index (χ2v) is 5.51. The molecule has 1 aromatic heterocycles. The molecule has 4 heteroatoms. The Bertz CT molecular complexity index is 386. The number of nitrogens with zero attached hydrogens (tertiary/aromatic N) is 3. The molecular weight excluding hydrogens is 214 g/mol. The minimum Gasteiger partial charge on any atom is -0.395 e. The van der Waals surface area contributed by atoms with Gasteiger partial charge in [-0.3, -0.25) is 4.90 Å². The largest absolute Gasteiger partial charge is 0.395 e. The minimum atomic E-state index is 0.277. The van der Waals surface area contributed by atoms with Crippen molar-refractivity contribution in [1.29, 1.82) is 0 Å². The van der Waals surface area contributed by atoms with Crippen LogP contribution in [0.5, 0.6) is 0 Å². The number of aromatic nitrogens is 2. The van der Waals surface area contributed by atoms with Gasteiger partial charge in [0.25, 0.3) is 0 Å². The molecule has 1 aromatic rings. The van der Waals surface area contributed by atoms with Gasteiger partial charge in [0.2, 0.25) is 0 Å². The molecule has 2 heterocycles. The maximum atomic E-state index is 9.46. The molecule has 3 rings (SSSR count). The van der Waals surface area contributed by atoms with Gasteiger partial charge in [0.05, 0.1) is 18.6 Å². The summed E-state index contributed by atoms with van der Waals surface area (Å²) in [5, 5.41) is 9.46. The van der Waals surface area contributed by atoms with E-state index in [1.54, 1.807) is 0 Å². The summed E-state index contributed by atoms with van der Waals surface area (Å²) in [7, 11) is 0. The van der Waals surface area contributed by atoms with E-state index in [2.05, 4.69) is 21.4 Å². The predicted molar refractivity (Wildman–Crippen MR) is 65.6 cm³/mol. The molecule has 0 amide bonds. The molecule has 0 radical (unpaired) electrons. The fourth-order valence-corrected chi connectivity index (χ4v) is 2.92. The first-order chi connectivity index (χ1) is 8.29. The van der Waals surface area contributed by atoms with Crippen LogP contribution >= 0.6 is 0 Å². The van der Waals surface area contributed by atoms with Crippen molar-refractivity contribution in [2.75, 3.05) is 13.2 Å². The third kappa shape index (κ3) is 2.11. The van der Waals surface area contributed by atoms with Crippen LogP contribution in [0.2, 0.25) is 0 Å². The fraction of sp³-hybridized carbons (Fsp3) is 0.769. The Morgan fingerprint density at radius 1 is 1.41 bits per heavy atom. The second kappa shape index (κ2) is 4.42. The van der Waals surface area contributed by atoms with Gasteiger partial charge in [0, 0.05) is 24.8 Å². The van der Waals surface area contributed by atoms with Crippen LogP contribution in [-0.4, -0.2) is 38.8 Å². The molecule has 1 N–H and O–H groups in total. The van der Waals surface area contributed by atoms with Crippen molar-refractivity contribution in [3.63, 3.8) is 0 Å². The second-order valence-electron chi connectivity index (χ2n) is 5.51. The molecule has 1 aliphatic carbocycles. The molecule has 1 saturated carbocycles. The lowest BCUT2D eigenvalue weighted by atomic mass is 10.0. The summed E-state index contributed by atoms with van der Waals surface area (Å²) < 4.78 is 2.32. The van der Waals surface area contributed by atoms with Gasteiger partial charge in [-0.25, -0.2) is 4.98 Å². The monoisotopic (exact) mass is 235 g/mol. The summed E-state index contributed by atoms with van der Waals surface area (Å²) in [6, 6.07) is 1.03. The normalized spacial score (nSPS) is 30.0. The summed E-state index contributed by atoms with van der Waals surface area (Å²) in [6.45, 7) is 4.55. The molecule has 94 valence electrons. The van der Waals surface area contributed by atoms with Gasteiger partial charge in [-0.2, -0.15) is 0 Å². The van der Waals surface area contributed by atoms with Crippen LogP contribution < -0.4 is 0 Å². The quantitative estimate of drug-likeness (QED) is 0.858. The molecule has 0 spiro atoms. The number of likely N-dealkylation sites (tertiary alicyclic amines) is 1. The minimum absolute atomic E-state index is 0.277. The highest BCUT2D eigenvalue weighted by atomic mass is 16.3. The highest BCUT2D eigenvalue weighted by molar-refractivity contribution is 5.04. The summed E-state index contributed by atoms with van der Waals surface area (Å²) >= 11 is 0. The van der Waals surface area contributed by atoms with E-state index in [1.165, 1.54) is 25.0 Å². The molecule has 2 unspecified atom stereocenters. The van der Waals surface area contributed by atoms with Gasteiger partial charge < -0.3 is 9.67 Å². The van der Waals surface area contributed by atoms with Crippen molar-refractivity contribution in [3.05, 3.63) is 18.2 Å². The van der Waals surface area contributed by atoms with E-state index in [9.17, 15) is 5.11 Å². The van der Waals surface area contributed by atoms with E-state index in [1.807, 2.05) is 12.5 Å². The topological polar surface area (TPSA) is 41.3 Å². The molecule has 2 aliphatic rings. The Balaban J connectivity index is 1.71. The average Bonchev–Trinajstić information content (AvgIpc) is 2.97. The number of imidazole rings is 1. The Labute approximate surface area is 102 Å². The molecule has 4 nitrogen and oxygen atoms in total. The Morgan fingerprint density at radius 3 is 2.94 bits per heavy atom. The van der Waals surface area contributed by atoms with E-state index in [0.717, 1.165) is 13.1 Å². The fourth-order valence-electron chi connectivity index (χ4n) is 2.92. The average molecular weight is 235 g/mol. The van der Waals surface area contributed by atoms with Crippen molar-refractivity contribution in [3.8, 4) is 0 Å². The lowest BCUT2D eigenvalue weighted by Gasteiger charge is -2.25. The first-order valence-corrected chi connectivity index (χ1v) is 6.65. The molecule has 2 atom stereocenters. The van der Waals surface area contributed by atoms with Crippen LogP contribution in [0.15, 0.2) is 12.5 Å². The number of rotatable bonds is 4. The van der Waals surface area contributed by atoms with E-state index in [4.69, 9.17) is 0 Å². The summed E-state index contributed by atoms with van der Waals surface area (Å²) in [4.78, 5) is 6.67. The van der Waals surface area contributed by atoms with Crippen molar-refractivity contribution >= 4 is 0 Å². The molecule has 2 fully saturated rings. The smallest absolute Gasteiger partial charge is 0.0951 e. The van der Waals surface area contributed by atoms with Crippen LogP contribution in [0, 0.1) is 5.92 Å². The Hall–Kier alpha value is -0.870. The van der Waals surface area contributed by atoms with Gasteiger partial charge in [0.15, 0.2) is 0 Å². The van der Waals surface area contributed by atoms with Crippen molar-refractivity contribution < 1.29 is 5.11 Å². The van der Waals surface area contributed by atoms with Crippen LogP contribution in [0.4, 0.5) is 0 Å². The van der Waals surface area contributed by atoms with Crippen LogP contribution in [0.3, 0.4) is 0 Å². The zero-order chi connectivity index (χ0) is 11.8. The van der Waals surface area contributed by atoms with Crippen LogP contribution in [0.1, 0.15) is 37.9 Å². The first kappa shape index (κ1) is 11.2. The SMILES string of the molecule is CC1CCN(Cc2cncn2C2CC2)C1CO. The van der Waals surface area contributed by atoms with E-state index >= 15 is 0 Å². The molecule has 17 heavy (non-hydrogen) atoms. The molecular formula is C13H21N3O. The van der Waals surface area contributed by atoms with Crippen LogP contribution in [-0.2, 0) is 6.54 Å². The zero-order valence-corrected chi connectivity index (χ0v) is 10.4. The van der Waals surface area contributed by atoms with Gasteiger partial charge in [-0.1, -0.05) is 6.92 Å². The van der Waals surface area contributed by atoms with E-state index in [-0.39, 0.29) is 6.61 Å². The molecule has 0 aromatic carbocycles. The maximum absolute atomic E-state index is 9.46.